The van der Waals surface area contributed by atoms with Gasteiger partial charge in [0.05, 0.1) is 6.04 Å². The second kappa shape index (κ2) is 6.77. The summed E-state index contributed by atoms with van der Waals surface area (Å²) in [6.45, 7) is 9.08. The normalized spacial score (nSPS) is 12.2. The topological polar surface area (TPSA) is 21.3 Å². The molecule has 0 saturated carbocycles. The van der Waals surface area contributed by atoms with E-state index in [1.54, 1.807) is 0 Å². The van der Waals surface area contributed by atoms with Crippen LogP contribution in [0.1, 0.15) is 33.9 Å². The maximum absolute atomic E-state index is 6.09. The molecule has 1 N–H and O–H groups in total. The summed E-state index contributed by atoms with van der Waals surface area (Å²) in [6, 6.07) is 13.1. The number of rotatable bonds is 5. The van der Waals surface area contributed by atoms with E-state index in [1.807, 2.05) is 7.05 Å². The Labute approximate surface area is 128 Å². The predicted octanol–water partition coefficient (Wildman–Crippen LogP) is 4.26. The Morgan fingerprint density at radius 1 is 0.952 bits per heavy atom. The third kappa shape index (κ3) is 3.85. The highest BCUT2D eigenvalue weighted by Gasteiger charge is 2.12. The third-order valence-corrected chi connectivity index (χ3v) is 3.80. The van der Waals surface area contributed by atoms with Crippen molar-refractivity contribution in [3.63, 3.8) is 0 Å². The fourth-order valence-corrected chi connectivity index (χ4v) is 2.75. The first kappa shape index (κ1) is 15.6. The van der Waals surface area contributed by atoms with Crippen LogP contribution in [0.5, 0.6) is 5.75 Å². The minimum Gasteiger partial charge on any atom is -0.491 e. The SMILES string of the molecule is CNC(COc1c(C)cccc1C)c1cc(C)cc(C)c1. The lowest BCUT2D eigenvalue weighted by atomic mass is 10.0. The Bertz CT molecular complexity index is 578. The van der Waals surface area contributed by atoms with Crippen LogP contribution < -0.4 is 10.1 Å². The van der Waals surface area contributed by atoms with E-state index in [4.69, 9.17) is 4.74 Å². The number of nitrogens with one attached hydrogen (secondary N) is 1. The average Bonchev–Trinajstić information content (AvgIpc) is 2.41. The molecule has 112 valence electrons. The van der Waals surface area contributed by atoms with E-state index in [0.717, 1.165) is 5.75 Å². The number of ether oxygens (including phenoxy) is 1. The van der Waals surface area contributed by atoms with Crippen molar-refractivity contribution in [2.45, 2.75) is 33.7 Å². The van der Waals surface area contributed by atoms with E-state index < -0.39 is 0 Å². The Balaban J connectivity index is 2.16. The summed E-state index contributed by atoms with van der Waals surface area (Å²) in [5.74, 6) is 1.00. The number of aryl methyl sites for hydroxylation is 4. The zero-order valence-corrected chi connectivity index (χ0v) is 13.7. The van der Waals surface area contributed by atoms with Gasteiger partial charge in [-0.2, -0.15) is 0 Å². The van der Waals surface area contributed by atoms with Crippen LogP contribution in [0.15, 0.2) is 36.4 Å². The maximum atomic E-state index is 6.09. The molecule has 2 aromatic carbocycles. The zero-order valence-electron chi connectivity index (χ0n) is 13.7. The van der Waals surface area contributed by atoms with Gasteiger partial charge < -0.3 is 10.1 Å². The first-order valence-electron chi connectivity index (χ1n) is 7.45. The number of hydrogen-bond acceptors (Lipinski definition) is 2. The van der Waals surface area contributed by atoms with Crippen LogP contribution in [0.2, 0.25) is 0 Å². The van der Waals surface area contributed by atoms with Gasteiger partial charge in [-0.1, -0.05) is 47.5 Å². The van der Waals surface area contributed by atoms with E-state index in [9.17, 15) is 0 Å². The van der Waals surface area contributed by atoms with E-state index >= 15 is 0 Å². The predicted molar refractivity (Wildman–Crippen MR) is 89.1 cm³/mol. The van der Waals surface area contributed by atoms with Crippen molar-refractivity contribution < 1.29 is 4.74 Å². The molecule has 0 aliphatic heterocycles. The first-order chi connectivity index (χ1) is 10.0. The van der Waals surface area contributed by atoms with Crippen molar-refractivity contribution in [3.8, 4) is 5.75 Å². The lowest BCUT2D eigenvalue weighted by Gasteiger charge is -2.20. The van der Waals surface area contributed by atoms with Crippen molar-refractivity contribution in [2.75, 3.05) is 13.7 Å². The molecule has 2 rings (SSSR count). The monoisotopic (exact) mass is 283 g/mol. The van der Waals surface area contributed by atoms with Crippen LogP contribution in [-0.4, -0.2) is 13.7 Å². The van der Waals surface area contributed by atoms with Gasteiger partial charge in [0.2, 0.25) is 0 Å². The Kier molecular flexibility index (Phi) is 5.03. The van der Waals surface area contributed by atoms with Crippen molar-refractivity contribution in [2.24, 2.45) is 0 Å². The van der Waals surface area contributed by atoms with Crippen molar-refractivity contribution in [1.29, 1.82) is 0 Å². The van der Waals surface area contributed by atoms with Crippen LogP contribution >= 0.6 is 0 Å². The molecular formula is C19H25NO. The first-order valence-corrected chi connectivity index (χ1v) is 7.45. The van der Waals surface area contributed by atoms with E-state index in [-0.39, 0.29) is 6.04 Å². The van der Waals surface area contributed by atoms with Crippen LogP contribution in [0.25, 0.3) is 0 Å². The maximum Gasteiger partial charge on any atom is 0.125 e. The summed E-state index contributed by atoms with van der Waals surface area (Å²) in [4.78, 5) is 0. The highest BCUT2D eigenvalue weighted by molar-refractivity contribution is 5.40. The molecule has 2 aromatic rings. The van der Waals surface area contributed by atoms with Gasteiger partial charge in [0.15, 0.2) is 0 Å². The molecule has 21 heavy (non-hydrogen) atoms. The molecule has 1 unspecified atom stereocenters. The summed E-state index contributed by atoms with van der Waals surface area (Å²) >= 11 is 0. The molecule has 0 aliphatic carbocycles. The molecule has 0 spiro atoms. The highest BCUT2D eigenvalue weighted by Crippen LogP contribution is 2.24. The van der Waals surface area contributed by atoms with Gasteiger partial charge in [0.25, 0.3) is 0 Å². The van der Waals surface area contributed by atoms with Crippen LogP contribution in [-0.2, 0) is 0 Å². The van der Waals surface area contributed by atoms with Gasteiger partial charge in [-0.15, -0.1) is 0 Å². The van der Waals surface area contributed by atoms with Crippen LogP contribution in [0.4, 0.5) is 0 Å². The molecule has 0 aliphatic rings. The molecule has 1 atom stereocenters. The van der Waals surface area contributed by atoms with E-state index in [2.05, 4.69) is 69.4 Å². The molecule has 0 aromatic heterocycles. The zero-order chi connectivity index (χ0) is 15.4. The van der Waals surface area contributed by atoms with Crippen LogP contribution in [0.3, 0.4) is 0 Å². The standard InChI is InChI=1S/C19H25NO/c1-13-9-14(2)11-17(10-13)18(20-5)12-21-19-15(3)7-6-8-16(19)4/h6-11,18,20H,12H2,1-5H3. The summed E-state index contributed by atoms with van der Waals surface area (Å²) in [7, 11) is 1.98. The molecule has 0 saturated heterocycles. The fourth-order valence-electron chi connectivity index (χ4n) is 2.75. The van der Waals surface area contributed by atoms with Gasteiger partial charge in [-0.05, 0) is 51.4 Å². The van der Waals surface area contributed by atoms with Gasteiger partial charge >= 0.3 is 0 Å². The second-order valence-electron chi connectivity index (χ2n) is 5.79. The minimum absolute atomic E-state index is 0.197. The molecular weight excluding hydrogens is 258 g/mol. The molecule has 2 heteroatoms. The molecule has 0 radical (unpaired) electrons. The quantitative estimate of drug-likeness (QED) is 0.885. The average molecular weight is 283 g/mol. The van der Waals surface area contributed by atoms with Gasteiger partial charge in [0.1, 0.15) is 12.4 Å². The highest BCUT2D eigenvalue weighted by atomic mass is 16.5. The fraction of sp³-hybridized carbons (Fsp3) is 0.368. The summed E-state index contributed by atoms with van der Waals surface area (Å²) in [6.07, 6.45) is 0. The number of para-hydroxylation sites is 1. The summed E-state index contributed by atoms with van der Waals surface area (Å²) < 4.78 is 6.09. The molecule has 0 bridgehead atoms. The minimum atomic E-state index is 0.197. The van der Waals surface area contributed by atoms with Crippen LogP contribution in [0, 0.1) is 27.7 Å². The summed E-state index contributed by atoms with van der Waals surface area (Å²) in [5.41, 5.74) is 6.23. The van der Waals surface area contributed by atoms with Crippen molar-refractivity contribution in [3.05, 3.63) is 64.2 Å². The number of likely N-dealkylation sites (N-methyl/N-ethyl adjacent to an activating group) is 1. The van der Waals surface area contributed by atoms with Crippen molar-refractivity contribution >= 4 is 0 Å². The van der Waals surface area contributed by atoms with Gasteiger partial charge in [-0.25, -0.2) is 0 Å². The Morgan fingerprint density at radius 3 is 2.05 bits per heavy atom. The van der Waals surface area contributed by atoms with E-state index in [0.29, 0.717) is 6.61 Å². The molecule has 2 nitrogen and oxygen atoms in total. The molecule has 0 amide bonds. The molecule has 0 fully saturated rings. The smallest absolute Gasteiger partial charge is 0.125 e. The van der Waals surface area contributed by atoms with Gasteiger partial charge in [0, 0.05) is 0 Å². The lowest BCUT2D eigenvalue weighted by Crippen LogP contribution is -2.23. The Morgan fingerprint density at radius 2 is 1.52 bits per heavy atom. The second-order valence-corrected chi connectivity index (χ2v) is 5.79. The van der Waals surface area contributed by atoms with Crippen molar-refractivity contribution in [1.82, 2.24) is 5.32 Å². The third-order valence-electron chi connectivity index (χ3n) is 3.80. The molecule has 0 heterocycles. The number of hydrogen-bond donors (Lipinski definition) is 1. The Hall–Kier alpha value is -1.80. The van der Waals surface area contributed by atoms with E-state index in [1.165, 1.54) is 27.8 Å². The largest absolute Gasteiger partial charge is 0.491 e. The van der Waals surface area contributed by atoms with Gasteiger partial charge in [-0.3, -0.25) is 0 Å². The summed E-state index contributed by atoms with van der Waals surface area (Å²) in [5, 5.41) is 3.36. The lowest BCUT2D eigenvalue weighted by molar-refractivity contribution is 0.270. The number of benzene rings is 2.